The Kier molecular flexibility index (Phi) is 10.8. The fraction of sp³-hybridized carbons (Fsp3) is 0.632. The van der Waals surface area contributed by atoms with Crippen LogP contribution in [-0.4, -0.2) is 49.5 Å². The number of fused-ring (bicyclic) bond motifs is 2. The second-order valence-corrected chi connectivity index (χ2v) is 16.6. The molecular weight excluding hydrogens is 593 g/mol. The summed E-state index contributed by atoms with van der Waals surface area (Å²) in [6, 6.07) is 1.88. The molecule has 2 aliphatic carbocycles. The van der Waals surface area contributed by atoms with Crippen LogP contribution in [0.25, 0.3) is 5.57 Å². The normalized spacial score (nSPS) is 27.7. The number of hydrogen-bond acceptors (Lipinski definition) is 6. The van der Waals surface area contributed by atoms with Crippen LogP contribution in [0.2, 0.25) is 0 Å². The monoisotopic (exact) mass is 646 g/mol. The summed E-state index contributed by atoms with van der Waals surface area (Å²) in [5.41, 5.74) is 5.51. The number of anilines is 1. The van der Waals surface area contributed by atoms with Gasteiger partial charge in [-0.25, -0.2) is 18.1 Å². The van der Waals surface area contributed by atoms with Crippen LogP contribution in [0.3, 0.4) is 0 Å². The predicted octanol–water partition coefficient (Wildman–Crippen LogP) is 8.16. The number of aromatic nitrogens is 2. The maximum Gasteiger partial charge on any atom is 0.264 e. The molecule has 0 radical (unpaired) electrons. The second-order valence-electron chi connectivity index (χ2n) is 14.9. The zero-order valence-corrected chi connectivity index (χ0v) is 29.7. The van der Waals surface area contributed by atoms with E-state index in [0.29, 0.717) is 47.3 Å². The van der Waals surface area contributed by atoms with Gasteiger partial charge in [-0.2, -0.15) is 4.98 Å². The van der Waals surface area contributed by atoms with Crippen LogP contribution in [0.5, 0.6) is 5.88 Å². The van der Waals surface area contributed by atoms with E-state index in [1.54, 1.807) is 6.08 Å². The van der Waals surface area contributed by atoms with Crippen molar-refractivity contribution in [2.24, 2.45) is 29.1 Å². The molecule has 1 N–H and O–H groups in total. The molecule has 2 fully saturated rings. The maximum absolute atomic E-state index is 13.8. The van der Waals surface area contributed by atoms with Crippen molar-refractivity contribution in [3.05, 3.63) is 51.6 Å². The van der Waals surface area contributed by atoms with Gasteiger partial charge in [0.1, 0.15) is 0 Å². The van der Waals surface area contributed by atoms with E-state index in [9.17, 15) is 8.42 Å². The number of allylic oxidation sites excluding steroid dienone is 7. The highest BCUT2D eigenvalue weighted by Gasteiger charge is 2.49. The summed E-state index contributed by atoms with van der Waals surface area (Å²) in [5, 5.41) is 0. The first kappa shape index (κ1) is 34.4. The Morgan fingerprint density at radius 2 is 1.93 bits per heavy atom. The van der Waals surface area contributed by atoms with Gasteiger partial charge >= 0.3 is 0 Å². The smallest absolute Gasteiger partial charge is 0.264 e. The third-order valence-corrected chi connectivity index (χ3v) is 12.0. The molecule has 1 saturated heterocycles. The van der Waals surface area contributed by atoms with Gasteiger partial charge < -0.3 is 9.64 Å². The quantitative estimate of drug-likeness (QED) is 0.314. The number of rotatable bonds is 6. The molecule has 250 valence electrons. The van der Waals surface area contributed by atoms with Crippen LogP contribution in [0, 0.1) is 41.4 Å². The van der Waals surface area contributed by atoms with Gasteiger partial charge in [0.2, 0.25) is 11.8 Å². The summed E-state index contributed by atoms with van der Waals surface area (Å²) >= 11 is 0. The van der Waals surface area contributed by atoms with Gasteiger partial charge in [-0.15, -0.1) is 6.42 Å². The summed E-state index contributed by atoms with van der Waals surface area (Å²) in [7, 11) is -4.05. The molecule has 3 heterocycles. The van der Waals surface area contributed by atoms with Gasteiger partial charge in [0.15, 0.2) is 0 Å². The van der Waals surface area contributed by atoms with Crippen molar-refractivity contribution in [2.75, 3.05) is 31.0 Å². The Labute approximate surface area is 278 Å². The Bertz CT molecular complexity index is 1550. The van der Waals surface area contributed by atoms with E-state index in [4.69, 9.17) is 16.1 Å². The lowest BCUT2D eigenvalue weighted by Crippen LogP contribution is -2.50. The number of nitrogens with zero attached hydrogens (tertiary/aromatic N) is 3. The average Bonchev–Trinajstić information content (AvgIpc) is 2.97. The number of piperidine rings is 1. The Morgan fingerprint density at radius 3 is 2.59 bits per heavy atom. The number of sulfonamides is 1. The molecule has 46 heavy (non-hydrogen) atoms. The van der Waals surface area contributed by atoms with E-state index in [0.717, 1.165) is 42.4 Å². The van der Waals surface area contributed by atoms with Crippen LogP contribution in [0.1, 0.15) is 105 Å². The van der Waals surface area contributed by atoms with E-state index >= 15 is 0 Å². The SMILES string of the molecule is C#C/C=C1\C=C(/C)CC(C2CC3(CCN(CCC)CC3)C2)C(CC(C)C)COc2cc(C3=C(C)CCC=C3C)nc(n2)NS1(=O)=O. The van der Waals surface area contributed by atoms with Crippen LogP contribution in [-0.2, 0) is 10.0 Å². The third kappa shape index (κ3) is 7.97. The maximum atomic E-state index is 13.8. The minimum atomic E-state index is -4.05. The van der Waals surface area contributed by atoms with E-state index in [1.807, 2.05) is 13.0 Å². The number of likely N-dealkylation sites (tertiary alicyclic amines) is 1. The van der Waals surface area contributed by atoms with Crippen molar-refractivity contribution in [1.82, 2.24) is 14.9 Å². The van der Waals surface area contributed by atoms with E-state index in [-0.39, 0.29) is 10.9 Å². The lowest BCUT2D eigenvalue weighted by molar-refractivity contribution is -0.0549. The van der Waals surface area contributed by atoms with Gasteiger partial charge in [0.25, 0.3) is 10.0 Å². The highest BCUT2D eigenvalue weighted by atomic mass is 32.2. The van der Waals surface area contributed by atoms with Crippen molar-refractivity contribution < 1.29 is 13.2 Å². The van der Waals surface area contributed by atoms with E-state index in [1.165, 1.54) is 63.4 Å². The highest BCUT2D eigenvalue weighted by molar-refractivity contribution is 7.96. The molecule has 8 heteroatoms. The zero-order chi connectivity index (χ0) is 33.1. The minimum absolute atomic E-state index is 0.00768. The van der Waals surface area contributed by atoms with Gasteiger partial charge in [-0.1, -0.05) is 43.9 Å². The predicted molar refractivity (Wildman–Crippen MR) is 189 cm³/mol. The largest absolute Gasteiger partial charge is 0.477 e. The fourth-order valence-electron chi connectivity index (χ4n) is 8.51. The van der Waals surface area contributed by atoms with E-state index < -0.39 is 10.0 Å². The van der Waals surface area contributed by atoms with Crippen molar-refractivity contribution in [2.45, 2.75) is 99.3 Å². The molecule has 2 aliphatic heterocycles. The topological polar surface area (TPSA) is 84.4 Å². The molecule has 1 aromatic rings. The third-order valence-electron chi connectivity index (χ3n) is 10.7. The molecule has 2 unspecified atom stereocenters. The molecular formula is C38H54N4O3S. The Balaban J connectivity index is 1.52. The first-order chi connectivity index (χ1) is 21.9. The molecule has 1 aromatic heterocycles. The summed E-state index contributed by atoms with van der Waals surface area (Å²) in [5.74, 6) is 4.59. The molecule has 4 aliphatic rings. The molecule has 1 saturated carbocycles. The fourth-order valence-corrected chi connectivity index (χ4v) is 9.54. The van der Waals surface area contributed by atoms with Crippen molar-refractivity contribution in [1.29, 1.82) is 0 Å². The first-order valence-corrected chi connectivity index (χ1v) is 18.9. The molecule has 7 nitrogen and oxygen atoms in total. The lowest BCUT2D eigenvalue weighted by Gasteiger charge is -2.56. The zero-order valence-electron chi connectivity index (χ0n) is 28.9. The van der Waals surface area contributed by atoms with Gasteiger partial charge in [0, 0.05) is 17.7 Å². The van der Waals surface area contributed by atoms with Crippen molar-refractivity contribution >= 4 is 21.5 Å². The molecule has 5 rings (SSSR count). The summed E-state index contributed by atoms with van der Waals surface area (Å²) in [4.78, 5) is 12.0. The van der Waals surface area contributed by atoms with Crippen molar-refractivity contribution in [3.8, 4) is 18.2 Å². The molecule has 0 amide bonds. The second kappa shape index (κ2) is 14.5. The first-order valence-electron chi connectivity index (χ1n) is 17.4. The highest BCUT2D eigenvalue weighted by Crippen LogP contribution is 2.57. The molecule has 2 atom stereocenters. The van der Waals surface area contributed by atoms with Gasteiger partial charge in [0.05, 0.1) is 17.2 Å². The lowest BCUT2D eigenvalue weighted by atomic mass is 9.52. The van der Waals surface area contributed by atoms with E-state index in [2.05, 4.69) is 61.2 Å². The number of nitrogens with one attached hydrogen (secondary N) is 1. The van der Waals surface area contributed by atoms with Crippen LogP contribution >= 0.6 is 0 Å². The Hall–Kier alpha value is -2.89. The number of hydrogen-bond donors (Lipinski definition) is 1. The number of terminal acetylenes is 1. The standard InChI is InChI=1S/C38H54N4O3S/c1-8-11-32-20-27(5)21-33(31-23-38(24-31)14-17-42(16-9-2)18-15-38)30(19-26(3)4)25-45-35-22-34(36-28(6)12-10-13-29(36)7)39-37(40-35)41-46(32,43)44/h1,11-12,20,22,26,30-31,33H,9-10,13-19,21,23-25H2,2-7H3,(H,39,40,41)/b27-20+,32-11+. The minimum Gasteiger partial charge on any atom is -0.477 e. The summed E-state index contributed by atoms with van der Waals surface area (Å²) < 4.78 is 36.7. The molecule has 1 spiro atoms. The van der Waals surface area contributed by atoms with Crippen LogP contribution < -0.4 is 9.46 Å². The average molecular weight is 647 g/mol. The summed E-state index contributed by atoms with van der Waals surface area (Å²) in [6.07, 6.45) is 21.0. The van der Waals surface area contributed by atoms with Crippen LogP contribution in [0.4, 0.5) is 5.95 Å². The molecule has 2 bridgehead atoms. The van der Waals surface area contributed by atoms with Crippen LogP contribution in [0.15, 0.2) is 45.9 Å². The van der Waals surface area contributed by atoms with Gasteiger partial charge in [-0.3, -0.25) is 0 Å². The summed E-state index contributed by atoms with van der Waals surface area (Å²) in [6.45, 7) is 17.2. The van der Waals surface area contributed by atoms with Gasteiger partial charge in [-0.05, 0) is 139 Å². The number of ether oxygens (including phenoxy) is 1. The Morgan fingerprint density at radius 1 is 1.20 bits per heavy atom. The van der Waals surface area contributed by atoms with Crippen molar-refractivity contribution in [3.63, 3.8) is 0 Å². The molecule has 0 aromatic carbocycles.